The van der Waals surface area contributed by atoms with E-state index < -0.39 is 12.1 Å². The largest absolute Gasteiger partial charge is 0.390 e. The number of aliphatic hydroxyl groups excluding tert-OH is 1. The molecule has 0 spiro atoms. The standard InChI is InChI=1S/C28H38N4O2S/c1-5-19(3)29-17-26(33)24(14-20-10-8-7-9-11-20)30-28(34)22-15-23-21(6-2)18-32-12-13-35-31(4)25(16-22)27(23)32/h7-11,15-16,18-19,24,26,29,33H,5-6,12-14,17H2,1-4H3,(H,30,34)/t19-,24+,26-/m1/s1. The number of carbonyl (C=O) groups is 1. The Morgan fingerprint density at radius 3 is 2.69 bits per heavy atom. The molecule has 3 aromatic rings. The first-order chi connectivity index (χ1) is 16.9. The van der Waals surface area contributed by atoms with Crippen molar-refractivity contribution >= 4 is 34.4 Å². The second-order valence-electron chi connectivity index (χ2n) is 9.48. The van der Waals surface area contributed by atoms with Crippen molar-refractivity contribution in [2.75, 3.05) is 23.7 Å². The van der Waals surface area contributed by atoms with Crippen molar-refractivity contribution in [2.45, 2.75) is 64.8 Å². The molecule has 0 unspecified atom stereocenters. The van der Waals surface area contributed by atoms with Crippen LogP contribution in [0.4, 0.5) is 5.69 Å². The van der Waals surface area contributed by atoms with Crippen LogP contribution in [0, 0.1) is 0 Å². The quantitative estimate of drug-likeness (QED) is 0.365. The number of nitrogens with one attached hydrogen (secondary N) is 2. The third-order valence-corrected chi connectivity index (χ3v) is 7.95. The zero-order valence-electron chi connectivity index (χ0n) is 21.3. The molecule has 35 heavy (non-hydrogen) atoms. The number of anilines is 1. The maximum atomic E-state index is 13.6. The minimum absolute atomic E-state index is 0.149. The maximum Gasteiger partial charge on any atom is 0.251 e. The van der Waals surface area contributed by atoms with Crippen LogP contribution in [0.3, 0.4) is 0 Å². The third kappa shape index (κ3) is 5.85. The fourth-order valence-corrected chi connectivity index (χ4v) is 5.50. The van der Waals surface area contributed by atoms with Crippen LogP contribution in [-0.4, -0.2) is 53.1 Å². The van der Waals surface area contributed by atoms with Gasteiger partial charge in [-0.25, -0.2) is 0 Å². The molecule has 3 N–H and O–H groups in total. The Balaban J connectivity index is 1.63. The average Bonchev–Trinajstić information content (AvgIpc) is 3.15. The molecule has 0 radical (unpaired) electrons. The molecular formula is C28H38N4O2S. The van der Waals surface area contributed by atoms with Crippen LogP contribution in [0.15, 0.2) is 48.7 Å². The number of aliphatic hydroxyl groups is 1. The van der Waals surface area contributed by atoms with E-state index in [1.54, 1.807) is 11.9 Å². The van der Waals surface area contributed by atoms with E-state index in [-0.39, 0.29) is 5.91 Å². The minimum Gasteiger partial charge on any atom is -0.390 e. The van der Waals surface area contributed by atoms with Gasteiger partial charge in [-0.3, -0.25) is 4.79 Å². The first-order valence-electron chi connectivity index (χ1n) is 12.7. The van der Waals surface area contributed by atoms with Crippen molar-refractivity contribution < 1.29 is 9.90 Å². The fourth-order valence-electron chi connectivity index (χ4n) is 4.67. The summed E-state index contributed by atoms with van der Waals surface area (Å²) in [5.41, 5.74) is 5.24. The van der Waals surface area contributed by atoms with E-state index >= 15 is 0 Å². The van der Waals surface area contributed by atoms with Crippen molar-refractivity contribution in [3.05, 3.63) is 65.4 Å². The Bertz CT molecular complexity index is 1150. The Kier molecular flexibility index (Phi) is 8.42. The van der Waals surface area contributed by atoms with Gasteiger partial charge in [-0.2, -0.15) is 0 Å². The fraction of sp³-hybridized carbons (Fsp3) is 0.464. The molecule has 2 heterocycles. The number of carbonyl (C=O) groups excluding carboxylic acids is 1. The smallest absolute Gasteiger partial charge is 0.251 e. The summed E-state index contributed by atoms with van der Waals surface area (Å²) in [5, 5.41) is 18.8. The highest BCUT2D eigenvalue weighted by Gasteiger charge is 2.25. The molecule has 0 fully saturated rings. The maximum absolute atomic E-state index is 13.6. The van der Waals surface area contributed by atoms with Crippen molar-refractivity contribution in [3.63, 3.8) is 0 Å². The molecule has 2 aromatic carbocycles. The van der Waals surface area contributed by atoms with Gasteiger partial charge in [0.1, 0.15) is 0 Å². The molecule has 1 aliphatic rings. The van der Waals surface area contributed by atoms with Gasteiger partial charge in [0.05, 0.1) is 23.3 Å². The normalized spacial score (nSPS) is 16.1. The number of aryl methyl sites for hydroxylation is 2. The van der Waals surface area contributed by atoms with Crippen LogP contribution >= 0.6 is 11.9 Å². The molecule has 188 valence electrons. The Morgan fingerprint density at radius 1 is 1.20 bits per heavy atom. The second-order valence-corrected chi connectivity index (χ2v) is 10.7. The predicted molar refractivity (Wildman–Crippen MR) is 147 cm³/mol. The molecule has 0 saturated heterocycles. The number of amides is 1. The van der Waals surface area contributed by atoms with Gasteiger partial charge in [-0.1, -0.05) is 44.2 Å². The highest BCUT2D eigenvalue weighted by molar-refractivity contribution is 8.00. The van der Waals surface area contributed by atoms with Crippen molar-refractivity contribution in [1.82, 2.24) is 15.2 Å². The summed E-state index contributed by atoms with van der Waals surface area (Å²) in [5.74, 6) is 0.845. The Labute approximate surface area is 213 Å². The minimum atomic E-state index is -0.705. The van der Waals surface area contributed by atoms with E-state index in [0.29, 0.717) is 24.6 Å². The van der Waals surface area contributed by atoms with Gasteiger partial charge in [0.15, 0.2) is 0 Å². The van der Waals surface area contributed by atoms with Gasteiger partial charge < -0.3 is 24.6 Å². The summed E-state index contributed by atoms with van der Waals surface area (Å²) in [6, 6.07) is 14.0. The Hall–Kier alpha value is -2.48. The van der Waals surface area contributed by atoms with Gasteiger partial charge in [-0.15, -0.1) is 0 Å². The topological polar surface area (TPSA) is 69.5 Å². The highest BCUT2D eigenvalue weighted by atomic mass is 32.2. The first kappa shape index (κ1) is 25.6. The molecule has 4 rings (SSSR count). The predicted octanol–water partition coefficient (Wildman–Crippen LogP) is 4.39. The van der Waals surface area contributed by atoms with Crippen LogP contribution < -0.4 is 14.9 Å². The molecule has 1 aliphatic heterocycles. The molecule has 0 bridgehead atoms. The van der Waals surface area contributed by atoms with Gasteiger partial charge in [0.25, 0.3) is 5.91 Å². The van der Waals surface area contributed by atoms with Crippen LogP contribution in [0.1, 0.15) is 48.7 Å². The van der Waals surface area contributed by atoms with Crippen molar-refractivity contribution in [2.24, 2.45) is 0 Å². The van der Waals surface area contributed by atoms with E-state index in [2.05, 4.69) is 53.5 Å². The van der Waals surface area contributed by atoms with Gasteiger partial charge >= 0.3 is 0 Å². The zero-order chi connectivity index (χ0) is 24.9. The van der Waals surface area contributed by atoms with Crippen molar-refractivity contribution in [1.29, 1.82) is 0 Å². The lowest BCUT2D eigenvalue weighted by Crippen LogP contribution is -2.49. The highest BCUT2D eigenvalue weighted by Crippen LogP contribution is 2.37. The van der Waals surface area contributed by atoms with Gasteiger partial charge in [0, 0.05) is 49.1 Å². The monoisotopic (exact) mass is 494 g/mol. The molecule has 3 atom stereocenters. The van der Waals surface area contributed by atoms with E-state index in [1.165, 1.54) is 11.1 Å². The first-order valence-corrected chi connectivity index (χ1v) is 13.6. The molecule has 1 aromatic heterocycles. The molecule has 0 saturated carbocycles. The number of aromatic nitrogens is 1. The van der Waals surface area contributed by atoms with Crippen LogP contribution in [0.5, 0.6) is 0 Å². The lowest BCUT2D eigenvalue weighted by atomic mass is 9.99. The van der Waals surface area contributed by atoms with E-state index in [1.807, 2.05) is 42.5 Å². The summed E-state index contributed by atoms with van der Waals surface area (Å²) in [4.78, 5) is 13.6. The summed E-state index contributed by atoms with van der Waals surface area (Å²) in [6.07, 6.45) is 4.00. The summed E-state index contributed by atoms with van der Waals surface area (Å²) in [7, 11) is 2.07. The molecule has 6 nitrogen and oxygen atoms in total. The van der Waals surface area contributed by atoms with Crippen LogP contribution in [0.25, 0.3) is 10.9 Å². The number of hydrogen-bond acceptors (Lipinski definition) is 5. The Morgan fingerprint density at radius 2 is 1.97 bits per heavy atom. The number of benzene rings is 2. The molecular weight excluding hydrogens is 456 g/mol. The lowest BCUT2D eigenvalue weighted by Gasteiger charge is -2.26. The van der Waals surface area contributed by atoms with E-state index in [4.69, 9.17) is 0 Å². The molecule has 7 heteroatoms. The van der Waals surface area contributed by atoms with Gasteiger partial charge in [0.2, 0.25) is 0 Å². The van der Waals surface area contributed by atoms with E-state index in [0.717, 1.165) is 41.8 Å². The van der Waals surface area contributed by atoms with Gasteiger partial charge in [-0.05, 0) is 61.4 Å². The summed E-state index contributed by atoms with van der Waals surface area (Å²) < 4.78 is 4.50. The molecule has 0 aliphatic carbocycles. The number of hydrogen-bond donors (Lipinski definition) is 3. The van der Waals surface area contributed by atoms with Crippen LogP contribution in [-0.2, 0) is 19.4 Å². The lowest BCUT2D eigenvalue weighted by molar-refractivity contribution is 0.0825. The SMILES string of the molecule is CCc1cn2c3c(cc(C(=O)N[C@@H](Cc4ccccc4)[C@H](O)CN[C@H](C)CC)cc13)N(C)SCC2. The average molecular weight is 495 g/mol. The van der Waals surface area contributed by atoms with E-state index in [9.17, 15) is 9.90 Å². The number of rotatable bonds is 10. The summed E-state index contributed by atoms with van der Waals surface area (Å²) in [6.45, 7) is 7.77. The van der Waals surface area contributed by atoms with Crippen LogP contribution in [0.2, 0.25) is 0 Å². The van der Waals surface area contributed by atoms with Crippen molar-refractivity contribution in [3.8, 4) is 0 Å². The number of nitrogens with zero attached hydrogens (tertiary/aromatic N) is 2. The third-order valence-electron chi connectivity index (χ3n) is 7.00. The molecule has 1 amide bonds. The summed E-state index contributed by atoms with van der Waals surface area (Å²) >= 11 is 1.77. The zero-order valence-corrected chi connectivity index (χ0v) is 22.1. The second kappa shape index (κ2) is 11.5.